The lowest BCUT2D eigenvalue weighted by Gasteiger charge is -2.55. The lowest BCUT2D eigenvalue weighted by Crippen LogP contribution is -2.56. The number of nitrogens with zero attached hydrogens (tertiary/aromatic N) is 1. The highest BCUT2D eigenvalue weighted by molar-refractivity contribution is 7.80. The molecule has 2 heterocycles. The number of nitrogens with one attached hydrogen (secondary N) is 2. The van der Waals surface area contributed by atoms with Gasteiger partial charge in [-0.3, -0.25) is 9.69 Å². The van der Waals surface area contributed by atoms with Crippen molar-refractivity contribution in [3.8, 4) is 0 Å². The van der Waals surface area contributed by atoms with Gasteiger partial charge in [-0.2, -0.15) is 0 Å². The Morgan fingerprint density at radius 1 is 1.21 bits per heavy atom. The largest absolute Gasteiger partial charge is 0.379 e. The zero-order valence-corrected chi connectivity index (χ0v) is 18.5. The molecule has 6 rings (SSSR count). The second kappa shape index (κ2) is 8.25. The van der Waals surface area contributed by atoms with Crippen LogP contribution in [0.1, 0.15) is 49.4 Å². The summed E-state index contributed by atoms with van der Waals surface area (Å²) < 4.78 is 5.52. The van der Waals surface area contributed by atoms with Crippen LogP contribution in [0.15, 0.2) is 17.5 Å². The Morgan fingerprint density at radius 3 is 2.45 bits per heavy atom. The third kappa shape index (κ3) is 4.11. The number of thiophene rings is 1. The molecule has 1 atom stereocenters. The van der Waals surface area contributed by atoms with Crippen LogP contribution in [0, 0.1) is 23.2 Å². The van der Waals surface area contributed by atoms with E-state index in [-0.39, 0.29) is 17.4 Å². The third-order valence-electron chi connectivity index (χ3n) is 7.56. The molecule has 5 aliphatic rings. The highest BCUT2D eigenvalue weighted by atomic mass is 32.1. The summed E-state index contributed by atoms with van der Waals surface area (Å²) in [6.45, 7) is 4.11. The summed E-state index contributed by atoms with van der Waals surface area (Å²) in [7, 11) is 0. The minimum absolute atomic E-state index is 0.155. The van der Waals surface area contributed by atoms with E-state index in [1.54, 1.807) is 11.3 Å². The Morgan fingerprint density at radius 2 is 1.86 bits per heavy atom. The Labute approximate surface area is 182 Å². The van der Waals surface area contributed by atoms with Gasteiger partial charge in [0, 0.05) is 24.5 Å². The van der Waals surface area contributed by atoms with E-state index in [0.29, 0.717) is 11.7 Å². The molecule has 4 saturated carbocycles. The van der Waals surface area contributed by atoms with Gasteiger partial charge in [-0.1, -0.05) is 6.07 Å². The average molecular weight is 434 g/mol. The summed E-state index contributed by atoms with van der Waals surface area (Å²) in [4.78, 5) is 17.0. The zero-order valence-electron chi connectivity index (χ0n) is 16.9. The highest BCUT2D eigenvalue weighted by Gasteiger charge is 2.54. The fraction of sp³-hybridized carbons (Fsp3) is 0.727. The monoisotopic (exact) mass is 433 g/mol. The Kier molecular flexibility index (Phi) is 5.67. The van der Waals surface area contributed by atoms with E-state index in [9.17, 15) is 4.79 Å². The summed E-state index contributed by atoms with van der Waals surface area (Å²) in [5, 5.41) is 9.04. The van der Waals surface area contributed by atoms with Crippen LogP contribution >= 0.6 is 23.6 Å². The van der Waals surface area contributed by atoms with Gasteiger partial charge >= 0.3 is 0 Å². The molecule has 1 aromatic heterocycles. The molecule has 2 N–H and O–H groups in total. The normalized spacial score (nSPS) is 34.7. The van der Waals surface area contributed by atoms with Gasteiger partial charge in [0.2, 0.25) is 5.91 Å². The number of hydrogen-bond donors (Lipinski definition) is 2. The van der Waals surface area contributed by atoms with E-state index < -0.39 is 0 Å². The van der Waals surface area contributed by atoms with Crippen LogP contribution < -0.4 is 10.6 Å². The first-order valence-electron chi connectivity index (χ1n) is 11.1. The Balaban J connectivity index is 1.19. The molecule has 0 aromatic carbocycles. The molecule has 5 nitrogen and oxygen atoms in total. The molecule has 5 fully saturated rings. The van der Waals surface area contributed by atoms with Crippen molar-refractivity contribution in [2.45, 2.75) is 44.6 Å². The minimum Gasteiger partial charge on any atom is -0.379 e. The summed E-state index contributed by atoms with van der Waals surface area (Å²) in [6.07, 6.45) is 7.24. The number of amides is 1. The van der Waals surface area contributed by atoms with Crippen LogP contribution in [0.4, 0.5) is 0 Å². The zero-order chi connectivity index (χ0) is 19.8. The molecule has 7 heteroatoms. The molecule has 29 heavy (non-hydrogen) atoms. The number of hydrogen-bond acceptors (Lipinski definition) is 5. The molecule has 0 spiro atoms. The Bertz CT molecular complexity index is 710. The van der Waals surface area contributed by atoms with E-state index in [2.05, 4.69) is 33.0 Å². The van der Waals surface area contributed by atoms with Crippen LogP contribution in [0.25, 0.3) is 0 Å². The maximum Gasteiger partial charge on any atom is 0.232 e. The number of ether oxygens (including phenoxy) is 1. The standard InChI is InChI=1S/C22H31N3O2S2/c26-20(22-11-15-8-16(12-22)10-17(9-15)13-22)24-21(28)23-14-18(19-2-1-7-29-19)25-3-5-27-6-4-25/h1-2,7,15-18H,3-6,8-14H2,(H2,23,24,26,28)/t15?,16?,17?,18-,22?/m0/s1. The maximum absolute atomic E-state index is 13.2. The van der Waals surface area contributed by atoms with Gasteiger partial charge in [0.05, 0.1) is 24.7 Å². The molecule has 1 aromatic rings. The molecule has 1 saturated heterocycles. The van der Waals surface area contributed by atoms with Crippen LogP contribution in [0.5, 0.6) is 0 Å². The van der Waals surface area contributed by atoms with Gasteiger partial charge in [0.15, 0.2) is 5.11 Å². The van der Waals surface area contributed by atoms with Crippen molar-refractivity contribution in [1.29, 1.82) is 0 Å². The molecule has 4 aliphatic carbocycles. The molecule has 1 amide bonds. The van der Waals surface area contributed by atoms with Gasteiger partial charge < -0.3 is 15.4 Å². The molecule has 0 radical (unpaired) electrons. The predicted octanol–water partition coefficient (Wildman–Crippen LogP) is 3.33. The number of thiocarbonyl (C=S) groups is 1. The van der Waals surface area contributed by atoms with Gasteiger partial charge in [0.25, 0.3) is 0 Å². The van der Waals surface area contributed by atoms with Crippen molar-refractivity contribution in [2.24, 2.45) is 23.2 Å². The van der Waals surface area contributed by atoms with Crippen molar-refractivity contribution in [2.75, 3.05) is 32.8 Å². The van der Waals surface area contributed by atoms with Crippen LogP contribution in [0.2, 0.25) is 0 Å². The second-order valence-corrected chi connectivity index (χ2v) is 10.9. The van der Waals surface area contributed by atoms with E-state index in [1.807, 2.05) is 0 Å². The number of carbonyl (C=O) groups is 1. The number of morpholine rings is 1. The molecule has 158 valence electrons. The molecular formula is C22H31N3O2S2. The number of carbonyl (C=O) groups excluding carboxylic acids is 1. The van der Waals surface area contributed by atoms with Crippen molar-refractivity contribution in [3.05, 3.63) is 22.4 Å². The summed E-state index contributed by atoms with van der Waals surface area (Å²) in [5.74, 6) is 2.46. The Hall–Kier alpha value is -1.02. The van der Waals surface area contributed by atoms with Crippen molar-refractivity contribution in [3.63, 3.8) is 0 Å². The molecule has 4 bridgehead atoms. The van der Waals surface area contributed by atoms with E-state index in [4.69, 9.17) is 17.0 Å². The topological polar surface area (TPSA) is 53.6 Å². The van der Waals surface area contributed by atoms with Gasteiger partial charge in [-0.05, 0) is 79.9 Å². The van der Waals surface area contributed by atoms with Crippen LogP contribution in [-0.4, -0.2) is 48.8 Å². The van der Waals surface area contributed by atoms with Gasteiger partial charge in [-0.15, -0.1) is 11.3 Å². The first kappa shape index (κ1) is 19.9. The predicted molar refractivity (Wildman–Crippen MR) is 119 cm³/mol. The quantitative estimate of drug-likeness (QED) is 0.698. The van der Waals surface area contributed by atoms with E-state index >= 15 is 0 Å². The molecule has 0 unspecified atom stereocenters. The lowest BCUT2D eigenvalue weighted by molar-refractivity contribution is -0.144. The first-order chi connectivity index (χ1) is 14.1. The summed E-state index contributed by atoms with van der Waals surface area (Å²) >= 11 is 7.33. The van der Waals surface area contributed by atoms with E-state index in [0.717, 1.165) is 63.3 Å². The SMILES string of the molecule is O=C(NC(=S)NC[C@@H](c1cccs1)N1CCOCC1)C12CC3CC(CC(C3)C1)C2. The summed E-state index contributed by atoms with van der Waals surface area (Å²) in [5.41, 5.74) is -0.155. The lowest BCUT2D eigenvalue weighted by atomic mass is 9.49. The molecule has 1 aliphatic heterocycles. The van der Waals surface area contributed by atoms with Crippen LogP contribution in [0.3, 0.4) is 0 Å². The fourth-order valence-electron chi connectivity index (χ4n) is 6.64. The van der Waals surface area contributed by atoms with Crippen molar-refractivity contribution >= 4 is 34.6 Å². The highest BCUT2D eigenvalue weighted by Crippen LogP contribution is 2.60. The fourth-order valence-corrected chi connectivity index (χ4v) is 7.67. The maximum atomic E-state index is 13.2. The number of rotatable bonds is 5. The first-order valence-corrected chi connectivity index (χ1v) is 12.3. The smallest absolute Gasteiger partial charge is 0.232 e. The second-order valence-electron chi connectivity index (χ2n) is 9.54. The van der Waals surface area contributed by atoms with Crippen LogP contribution in [-0.2, 0) is 9.53 Å². The van der Waals surface area contributed by atoms with E-state index in [1.165, 1.54) is 24.1 Å². The minimum atomic E-state index is -0.155. The molecular weight excluding hydrogens is 402 g/mol. The van der Waals surface area contributed by atoms with Crippen molar-refractivity contribution < 1.29 is 9.53 Å². The van der Waals surface area contributed by atoms with Gasteiger partial charge in [0.1, 0.15) is 0 Å². The van der Waals surface area contributed by atoms with Crippen molar-refractivity contribution in [1.82, 2.24) is 15.5 Å². The average Bonchev–Trinajstić information content (AvgIpc) is 3.22. The summed E-state index contributed by atoms with van der Waals surface area (Å²) in [6, 6.07) is 4.54. The third-order valence-corrected chi connectivity index (χ3v) is 8.78. The van der Waals surface area contributed by atoms with Gasteiger partial charge in [-0.25, -0.2) is 0 Å².